The van der Waals surface area contributed by atoms with Gasteiger partial charge in [-0.05, 0) is 44.2 Å². The highest BCUT2D eigenvalue weighted by atomic mass is 16.5. The third-order valence-electron chi connectivity index (χ3n) is 3.53. The summed E-state index contributed by atoms with van der Waals surface area (Å²) in [7, 11) is 0. The van der Waals surface area contributed by atoms with Crippen LogP contribution in [0.5, 0.6) is 5.75 Å². The summed E-state index contributed by atoms with van der Waals surface area (Å²) < 4.78 is 5.62. The molecule has 2 rings (SSSR count). The largest absolute Gasteiger partial charge is 0.491 e. The fourth-order valence-electron chi connectivity index (χ4n) is 2.05. The second kappa shape index (κ2) is 6.21. The number of rotatable bonds is 7. The number of hydrogen-bond donors (Lipinski definition) is 2. The van der Waals surface area contributed by atoms with Crippen LogP contribution in [-0.2, 0) is 0 Å². The van der Waals surface area contributed by atoms with Crippen LogP contribution in [0, 0.1) is 12.8 Å². The molecule has 1 fully saturated rings. The summed E-state index contributed by atoms with van der Waals surface area (Å²) in [5.41, 5.74) is 1.10. The molecule has 3 heteroatoms. The number of aliphatic hydroxyl groups is 1. The molecule has 1 aromatic rings. The first-order valence-corrected chi connectivity index (χ1v) is 6.76. The minimum atomic E-state index is -0.453. The minimum absolute atomic E-state index is 0.342. The third kappa shape index (κ3) is 4.00. The molecular formula is C15H23NO2. The van der Waals surface area contributed by atoms with Crippen LogP contribution in [0.4, 0.5) is 0 Å². The molecule has 0 saturated heterocycles. The Kier molecular flexibility index (Phi) is 4.61. The van der Waals surface area contributed by atoms with Crippen molar-refractivity contribution in [2.24, 2.45) is 5.92 Å². The smallest absolute Gasteiger partial charge is 0.122 e. The molecule has 2 N–H and O–H groups in total. The first-order chi connectivity index (χ1) is 8.66. The Morgan fingerprint density at radius 2 is 2.11 bits per heavy atom. The average molecular weight is 249 g/mol. The Morgan fingerprint density at radius 3 is 2.78 bits per heavy atom. The van der Waals surface area contributed by atoms with Crippen molar-refractivity contribution < 1.29 is 9.84 Å². The molecule has 2 unspecified atom stereocenters. The lowest BCUT2D eigenvalue weighted by molar-refractivity contribution is 0.103. The molecule has 1 saturated carbocycles. The van der Waals surface area contributed by atoms with Gasteiger partial charge < -0.3 is 15.2 Å². The first kappa shape index (κ1) is 13.4. The van der Waals surface area contributed by atoms with Crippen LogP contribution in [0.2, 0.25) is 0 Å². The molecule has 3 nitrogen and oxygen atoms in total. The van der Waals surface area contributed by atoms with E-state index in [0.717, 1.165) is 17.2 Å². The van der Waals surface area contributed by atoms with E-state index in [2.05, 4.69) is 12.2 Å². The number of nitrogens with one attached hydrogen (secondary N) is 1. The predicted molar refractivity (Wildman–Crippen MR) is 72.9 cm³/mol. The van der Waals surface area contributed by atoms with Crippen molar-refractivity contribution >= 4 is 0 Å². The molecule has 0 aromatic heterocycles. The monoisotopic (exact) mass is 249 g/mol. The standard InChI is InChI=1S/C15H23NO2/c1-11-5-3-4-6-15(11)18-10-14(17)9-16-12(2)13-7-8-13/h3-6,12-14,16-17H,7-10H2,1-2H3. The summed E-state index contributed by atoms with van der Waals surface area (Å²) in [5.74, 6) is 1.67. The van der Waals surface area contributed by atoms with Crippen molar-refractivity contribution in [1.29, 1.82) is 0 Å². The molecule has 1 aliphatic rings. The van der Waals surface area contributed by atoms with Crippen LogP contribution in [0.3, 0.4) is 0 Å². The molecule has 18 heavy (non-hydrogen) atoms. The molecule has 1 aromatic carbocycles. The maximum atomic E-state index is 9.86. The fraction of sp³-hybridized carbons (Fsp3) is 0.600. The van der Waals surface area contributed by atoms with E-state index in [4.69, 9.17) is 4.74 Å². The van der Waals surface area contributed by atoms with E-state index in [1.54, 1.807) is 0 Å². The highest BCUT2D eigenvalue weighted by molar-refractivity contribution is 5.31. The van der Waals surface area contributed by atoms with Gasteiger partial charge in [-0.15, -0.1) is 0 Å². The van der Waals surface area contributed by atoms with Gasteiger partial charge in [0.1, 0.15) is 18.5 Å². The number of aliphatic hydroxyl groups excluding tert-OH is 1. The average Bonchev–Trinajstić information content (AvgIpc) is 3.19. The van der Waals surface area contributed by atoms with Gasteiger partial charge in [-0.25, -0.2) is 0 Å². The van der Waals surface area contributed by atoms with Crippen molar-refractivity contribution in [3.8, 4) is 5.75 Å². The number of hydrogen-bond acceptors (Lipinski definition) is 3. The van der Waals surface area contributed by atoms with E-state index in [1.807, 2.05) is 31.2 Å². The maximum Gasteiger partial charge on any atom is 0.122 e. The summed E-state index contributed by atoms with van der Waals surface area (Å²) in [4.78, 5) is 0. The molecule has 0 spiro atoms. The van der Waals surface area contributed by atoms with Crippen LogP contribution in [-0.4, -0.2) is 30.4 Å². The van der Waals surface area contributed by atoms with E-state index in [1.165, 1.54) is 12.8 Å². The Balaban J connectivity index is 1.68. The number of para-hydroxylation sites is 1. The first-order valence-electron chi connectivity index (χ1n) is 6.76. The van der Waals surface area contributed by atoms with Crippen LogP contribution in [0.25, 0.3) is 0 Å². The molecule has 0 aliphatic heterocycles. The minimum Gasteiger partial charge on any atom is -0.491 e. The van der Waals surface area contributed by atoms with E-state index in [0.29, 0.717) is 19.2 Å². The van der Waals surface area contributed by atoms with E-state index >= 15 is 0 Å². The predicted octanol–water partition coefficient (Wildman–Crippen LogP) is 2.12. The highest BCUT2D eigenvalue weighted by Crippen LogP contribution is 2.32. The maximum absolute atomic E-state index is 9.86. The number of benzene rings is 1. The molecular weight excluding hydrogens is 226 g/mol. The molecule has 100 valence electrons. The van der Waals surface area contributed by atoms with Gasteiger partial charge in [-0.2, -0.15) is 0 Å². The van der Waals surface area contributed by atoms with Crippen LogP contribution in [0.1, 0.15) is 25.3 Å². The van der Waals surface area contributed by atoms with Gasteiger partial charge in [0.15, 0.2) is 0 Å². The summed E-state index contributed by atoms with van der Waals surface area (Å²) in [6.45, 7) is 5.14. The lowest BCUT2D eigenvalue weighted by atomic mass is 10.2. The van der Waals surface area contributed by atoms with Gasteiger partial charge in [0.05, 0.1) is 0 Å². The molecule has 0 amide bonds. The zero-order valence-electron chi connectivity index (χ0n) is 11.2. The Labute approximate surface area is 109 Å². The zero-order valence-corrected chi connectivity index (χ0v) is 11.2. The van der Waals surface area contributed by atoms with Crippen molar-refractivity contribution in [2.75, 3.05) is 13.2 Å². The number of aryl methyl sites for hydroxylation is 1. The second-order valence-corrected chi connectivity index (χ2v) is 5.26. The number of ether oxygens (including phenoxy) is 1. The van der Waals surface area contributed by atoms with Crippen LogP contribution in [0.15, 0.2) is 24.3 Å². The van der Waals surface area contributed by atoms with E-state index in [9.17, 15) is 5.11 Å². The highest BCUT2D eigenvalue weighted by Gasteiger charge is 2.27. The summed E-state index contributed by atoms with van der Waals surface area (Å²) >= 11 is 0. The Hall–Kier alpha value is -1.06. The SMILES string of the molecule is Cc1ccccc1OCC(O)CNC(C)C1CC1. The van der Waals surface area contributed by atoms with E-state index < -0.39 is 6.10 Å². The van der Waals surface area contributed by atoms with Crippen molar-refractivity contribution in [2.45, 2.75) is 38.8 Å². The summed E-state index contributed by atoms with van der Waals surface area (Å²) in [6.07, 6.45) is 2.19. The fourth-order valence-corrected chi connectivity index (χ4v) is 2.05. The lowest BCUT2D eigenvalue weighted by Crippen LogP contribution is -2.37. The molecule has 0 radical (unpaired) electrons. The van der Waals surface area contributed by atoms with Crippen LogP contribution >= 0.6 is 0 Å². The molecule has 2 atom stereocenters. The van der Waals surface area contributed by atoms with Crippen molar-refractivity contribution in [3.05, 3.63) is 29.8 Å². The second-order valence-electron chi connectivity index (χ2n) is 5.26. The topological polar surface area (TPSA) is 41.5 Å². The van der Waals surface area contributed by atoms with Gasteiger partial charge in [0.2, 0.25) is 0 Å². The van der Waals surface area contributed by atoms with Gasteiger partial charge in [-0.1, -0.05) is 18.2 Å². The zero-order chi connectivity index (χ0) is 13.0. The summed E-state index contributed by atoms with van der Waals surface area (Å²) in [6, 6.07) is 8.38. The molecule has 0 heterocycles. The van der Waals surface area contributed by atoms with Gasteiger partial charge in [-0.3, -0.25) is 0 Å². The van der Waals surface area contributed by atoms with Gasteiger partial charge in [0.25, 0.3) is 0 Å². The van der Waals surface area contributed by atoms with E-state index in [-0.39, 0.29) is 0 Å². The lowest BCUT2D eigenvalue weighted by Gasteiger charge is -2.17. The Bertz CT molecular complexity index is 377. The van der Waals surface area contributed by atoms with Crippen LogP contribution < -0.4 is 10.1 Å². The quantitative estimate of drug-likeness (QED) is 0.778. The van der Waals surface area contributed by atoms with Gasteiger partial charge in [0, 0.05) is 12.6 Å². The Morgan fingerprint density at radius 1 is 1.39 bits per heavy atom. The van der Waals surface area contributed by atoms with Gasteiger partial charge >= 0.3 is 0 Å². The normalized spacial score (nSPS) is 18.4. The third-order valence-corrected chi connectivity index (χ3v) is 3.53. The summed E-state index contributed by atoms with van der Waals surface area (Å²) in [5, 5.41) is 13.2. The molecule has 0 bridgehead atoms. The molecule has 1 aliphatic carbocycles. The van der Waals surface area contributed by atoms with Crippen molar-refractivity contribution in [3.63, 3.8) is 0 Å². The van der Waals surface area contributed by atoms with Crippen molar-refractivity contribution in [1.82, 2.24) is 5.32 Å².